The van der Waals surface area contributed by atoms with Crippen LogP contribution in [0.3, 0.4) is 0 Å². The fourth-order valence-electron chi connectivity index (χ4n) is 3.70. The van der Waals surface area contributed by atoms with E-state index in [4.69, 9.17) is 19.4 Å². The Balaban J connectivity index is 0.000000423. The Morgan fingerprint density at radius 3 is 2.68 bits per heavy atom. The normalized spacial score (nSPS) is 23.7. The highest BCUT2D eigenvalue weighted by Gasteiger charge is 2.50. The van der Waals surface area contributed by atoms with Gasteiger partial charge >= 0.3 is 12.1 Å². The molecule has 12 heteroatoms. The van der Waals surface area contributed by atoms with Gasteiger partial charge in [0.2, 0.25) is 10.0 Å². The van der Waals surface area contributed by atoms with Gasteiger partial charge in [0.15, 0.2) is 0 Å². The molecule has 2 aliphatic rings. The van der Waals surface area contributed by atoms with Gasteiger partial charge in [-0.05, 0) is 24.6 Å². The lowest BCUT2D eigenvalue weighted by Crippen LogP contribution is -2.43. The Kier molecular flexibility index (Phi) is 8.31. The maximum absolute atomic E-state index is 11.8. The maximum atomic E-state index is 11.8. The number of alkyl halides is 3. The van der Waals surface area contributed by atoms with Gasteiger partial charge in [0.25, 0.3) is 0 Å². The molecule has 0 radical (unpaired) electrons. The van der Waals surface area contributed by atoms with Gasteiger partial charge in [-0.15, -0.1) is 0 Å². The van der Waals surface area contributed by atoms with E-state index < -0.39 is 22.2 Å². The largest absolute Gasteiger partial charge is 0.497 e. The van der Waals surface area contributed by atoms with Crippen LogP contribution in [0.4, 0.5) is 13.2 Å². The van der Waals surface area contributed by atoms with Crippen LogP contribution in [0.1, 0.15) is 12.5 Å². The van der Waals surface area contributed by atoms with Crippen molar-refractivity contribution >= 4 is 16.0 Å². The zero-order valence-electron chi connectivity index (χ0n) is 17.3. The maximum Gasteiger partial charge on any atom is 0.490 e. The molecule has 31 heavy (non-hydrogen) atoms. The summed E-state index contributed by atoms with van der Waals surface area (Å²) in [7, 11) is -1.50. The number of halogens is 3. The van der Waals surface area contributed by atoms with Gasteiger partial charge in [-0.2, -0.15) is 13.2 Å². The molecule has 0 aliphatic carbocycles. The molecule has 0 unspecified atom stereocenters. The van der Waals surface area contributed by atoms with Gasteiger partial charge in [-0.3, -0.25) is 4.90 Å². The number of hydrogen-bond donors (Lipinski definition) is 2. The minimum atomic E-state index is -5.08. The number of rotatable bonds is 7. The van der Waals surface area contributed by atoms with Crippen molar-refractivity contribution in [3.05, 3.63) is 29.8 Å². The summed E-state index contributed by atoms with van der Waals surface area (Å²) in [6.07, 6.45) is -5.08. The van der Waals surface area contributed by atoms with Crippen LogP contribution in [0.15, 0.2) is 24.3 Å². The molecule has 0 aromatic heterocycles. The number of sulfonamides is 1. The molecule has 2 N–H and O–H groups in total. The van der Waals surface area contributed by atoms with E-state index in [1.165, 1.54) is 5.56 Å². The lowest BCUT2D eigenvalue weighted by molar-refractivity contribution is -0.192. The van der Waals surface area contributed by atoms with E-state index in [2.05, 4.69) is 21.8 Å². The van der Waals surface area contributed by atoms with Crippen molar-refractivity contribution in [1.82, 2.24) is 9.62 Å². The summed E-state index contributed by atoms with van der Waals surface area (Å²) in [6.45, 7) is 6.08. The molecule has 0 amide bonds. The Morgan fingerprint density at radius 1 is 1.42 bits per heavy atom. The highest BCUT2D eigenvalue weighted by atomic mass is 32.2. The summed E-state index contributed by atoms with van der Waals surface area (Å²) in [6, 6.07) is 8.09. The van der Waals surface area contributed by atoms with Gasteiger partial charge in [0.1, 0.15) is 5.75 Å². The smallest absolute Gasteiger partial charge is 0.490 e. The van der Waals surface area contributed by atoms with Crippen LogP contribution in [-0.2, 0) is 26.1 Å². The SMILES string of the molecule is CCS(=O)(=O)NC[C@]12COC[C@H]1CN(Cc1cccc(OC)c1)C2.O=C(O)C(F)(F)F. The first-order valence-corrected chi connectivity index (χ1v) is 11.3. The summed E-state index contributed by atoms with van der Waals surface area (Å²) in [5, 5.41) is 7.12. The number of methoxy groups -OCH3 is 1. The van der Waals surface area contributed by atoms with Crippen LogP contribution in [0, 0.1) is 11.3 Å². The molecular weight excluding hydrogens is 441 g/mol. The molecule has 2 aliphatic heterocycles. The third-order valence-corrected chi connectivity index (χ3v) is 6.74. The zero-order valence-corrected chi connectivity index (χ0v) is 18.1. The van der Waals surface area contributed by atoms with E-state index >= 15 is 0 Å². The van der Waals surface area contributed by atoms with Crippen molar-refractivity contribution in [1.29, 1.82) is 0 Å². The number of aliphatic carboxylic acids is 1. The van der Waals surface area contributed by atoms with E-state index in [0.717, 1.165) is 25.4 Å². The minimum absolute atomic E-state index is 0.110. The summed E-state index contributed by atoms with van der Waals surface area (Å²) < 4.78 is 69.1. The quantitative estimate of drug-likeness (QED) is 0.628. The van der Waals surface area contributed by atoms with E-state index in [0.29, 0.717) is 25.7 Å². The number of nitrogens with one attached hydrogen (secondary N) is 1. The second-order valence-corrected chi connectivity index (χ2v) is 9.72. The number of fused-ring (bicyclic) bond motifs is 1. The van der Waals surface area contributed by atoms with E-state index in [1.807, 2.05) is 12.1 Å². The lowest BCUT2D eigenvalue weighted by Gasteiger charge is -2.27. The van der Waals surface area contributed by atoms with Crippen LogP contribution in [0.2, 0.25) is 0 Å². The number of benzene rings is 1. The average molecular weight is 468 g/mol. The Hall–Kier alpha value is -1.89. The average Bonchev–Trinajstić information content (AvgIpc) is 3.23. The van der Waals surface area contributed by atoms with Gasteiger partial charge < -0.3 is 14.6 Å². The topological polar surface area (TPSA) is 105 Å². The molecule has 1 aromatic carbocycles. The predicted octanol–water partition coefficient (Wildman–Crippen LogP) is 1.72. The van der Waals surface area contributed by atoms with Gasteiger partial charge in [-0.25, -0.2) is 17.9 Å². The molecule has 2 fully saturated rings. The fourth-order valence-corrected chi connectivity index (χ4v) is 4.41. The molecule has 176 valence electrons. The summed E-state index contributed by atoms with van der Waals surface area (Å²) in [5.41, 5.74) is 1.10. The van der Waals surface area contributed by atoms with Crippen LogP contribution in [0.25, 0.3) is 0 Å². The number of carboxylic acids is 1. The molecule has 2 heterocycles. The molecule has 1 aromatic rings. The van der Waals surface area contributed by atoms with Crippen LogP contribution >= 0.6 is 0 Å². The first-order chi connectivity index (χ1) is 14.4. The zero-order chi connectivity index (χ0) is 23.3. The Bertz CT molecular complexity index is 864. The van der Waals surface area contributed by atoms with Gasteiger partial charge in [0.05, 0.1) is 26.1 Å². The third kappa shape index (κ3) is 7.06. The number of carbonyl (C=O) groups is 1. The molecule has 0 saturated carbocycles. The van der Waals surface area contributed by atoms with Gasteiger partial charge in [0, 0.05) is 37.5 Å². The number of carboxylic acid groups (broad SMARTS) is 1. The minimum Gasteiger partial charge on any atom is -0.497 e. The summed E-state index contributed by atoms with van der Waals surface area (Å²) >= 11 is 0. The molecule has 0 bridgehead atoms. The lowest BCUT2D eigenvalue weighted by atomic mass is 9.81. The number of likely N-dealkylation sites (tertiary alicyclic amines) is 1. The highest BCUT2D eigenvalue weighted by molar-refractivity contribution is 7.89. The molecule has 2 saturated heterocycles. The number of hydrogen-bond acceptors (Lipinski definition) is 6. The number of ether oxygens (including phenoxy) is 2. The highest BCUT2D eigenvalue weighted by Crippen LogP contribution is 2.41. The monoisotopic (exact) mass is 468 g/mol. The van der Waals surface area contributed by atoms with Crippen molar-refractivity contribution in [2.24, 2.45) is 11.3 Å². The van der Waals surface area contributed by atoms with E-state index in [1.54, 1.807) is 14.0 Å². The second-order valence-electron chi connectivity index (χ2n) is 7.62. The standard InChI is InChI=1S/C17H26N2O4S.C2HF3O2/c1-3-24(20,21)18-11-17-12-19(9-15(17)10-23-13-17)8-14-5-4-6-16(7-14)22-2;3-2(4,5)1(6)7/h4-7,15,18H,3,8-13H2,1-2H3;(H,6,7)/t15-,17+;/m1./s1. The van der Waals surface area contributed by atoms with Crippen molar-refractivity contribution in [3.63, 3.8) is 0 Å². The van der Waals surface area contributed by atoms with Crippen molar-refractivity contribution in [3.8, 4) is 5.75 Å². The Labute approximate surface area is 179 Å². The molecular formula is C19H27F3N2O6S. The van der Waals surface area contributed by atoms with E-state index in [9.17, 15) is 21.6 Å². The van der Waals surface area contributed by atoms with Crippen molar-refractivity contribution < 1.29 is 41.0 Å². The molecule has 3 rings (SSSR count). The first kappa shape index (κ1) is 25.4. The fraction of sp³-hybridized carbons (Fsp3) is 0.632. The van der Waals surface area contributed by atoms with Crippen molar-refractivity contribution in [2.45, 2.75) is 19.6 Å². The predicted molar refractivity (Wildman–Crippen MR) is 106 cm³/mol. The molecule has 2 atom stereocenters. The van der Waals surface area contributed by atoms with Crippen molar-refractivity contribution in [2.75, 3.05) is 45.7 Å². The van der Waals surface area contributed by atoms with Gasteiger partial charge in [-0.1, -0.05) is 12.1 Å². The summed E-state index contributed by atoms with van der Waals surface area (Å²) in [4.78, 5) is 11.3. The Morgan fingerprint density at radius 2 is 2.10 bits per heavy atom. The van der Waals surface area contributed by atoms with Crippen LogP contribution in [-0.4, -0.2) is 76.3 Å². The second kappa shape index (κ2) is 10.2. The van der Waals surface area contributed by atoms with Crippen LogP contribution in [0.5, 0.6) is 5.75 Å². The molecule has 8 nitrogen and oxygen atoms in total. The molecule has 0 spiro atoms. The first-order valence-electron chi connectivity index (χ1n) is 9.61. The summed E-state index contributed by atoms with van der Waals surface area (Å²) in [5.74, 6) is -1.40. The third-order valence-electron chi connectivity index (χ3n) is 5.40. The number of nitrogens with zero attached hydrogens (tertiary/aromatic N) is 1. The van der Waals surface area contributed by atoms with E-state index in [-0.39, 0.29) is 11.2 Å². The van der Waals surface area contributed by atoms with Crippen LogP contribution < -0.4 is 9.46 Å².